The molecule has 5 heteroatoms. The minimum Gasteiger partial charge on any atom is -0.369 e. The standard InChI is InChI=1S/C17H13F2N3/c18-12-6-7-15(14(19)10-12)22-17-13(8-9-20-17)16(21-22)11-4-2-1-3-5-11/h1-7,10,20H,8-9H2. The molecule has 0 spiro atoms. The molecule has 0 saturated carbocycles. The van der Waals surface area contributed by atoms with Crippen molar-refractivity contribution in [3.63, 3.8) is 0 Å². The predicted octanol–water partition coefficient (Wildman–Crippen LogP) is 3.79. The fourth-order valence-electron chi connectivity index (χ4n) is 2.83. The Morgan fingerprint density at radius 1 is 1.05 bits per heavy atom. The molecule has 3 nitrogen and oxygen atoms in total. The summed E-state index contributed by atoms with van der Waals surface area (Å²) in [6, 6.07) is 13.3. The zero-order valence-electron chi connectivity index (χ0n) is 11.7. The van der Waals surface area contributed by atoms with Crippen LogP contribution in [0, 0.1) is 11.6 Å². The number of hydrogen-bond donors (Lipinski definition) is 1. The first-order valence-corrected chi connectivity index (χ1v) is 7.10. The molecule has 0 amide bonds. The van der Waals surface area contributed by atoms with Crippen LogP contribution in [0.1, 0.15) is 5.56 Å². The van der Waals surface area contributed by atoms with Crippen LogP contribution in [0.2, 0.25) is 0 Å². The summed E-state index contributed by atoms with van der Waals surface area (Å²) in [4.78, 5) is 0. The SMILES string of the molecule is Fc1ccc(-n2nc(-c3ccccc3)c3c2NCC3)c(F)c1. The summed E-state index contributed by atoms with van der Waals surface area (Å²) in [6.07, 6.45) is 0.836. The molecule has 0 radical (unpaired) electrons. The lowest BCUT2D eigenvalue weighted by Gasteiger charge is -2.07. The molecule has 0 atom stereocenters. The third-order valence-electron chi connectivity index (χ3n) is 3.84. The van der Waals surface area contributed by atoms with Gasteiger partial charge in [0.25, 0.3) is 0 Å². The van der Waals surface area contributed by atoms with Gasteiger partial charge in [-0.05, 0) is 18.6 Å². The molecule has 0 fully saturated rings. The average Bonchev–Trinajstić information content (AvgIpc) is 3.11. The molecule has 3 aromatic rings. The van der Waals surface area contributed by atoms with Gasteiger partial charge < -0.3 is 5.32 Å². The van der Waals surface area contributed by atoms with Crippen LogP contribution in [0.25, 0.3) is 16.9 Å². The van der Waals surface area contributed by atoms with Crippen LogP contribution in [0.4, 0.5) is 14.6 Å². The molecule has 4 rings (SSSR count). The van der Waals surface area contributed by atoms with E-state index in [4.69, 9.17) is 0 Å². The van der Waals surface area contributed by atoms with Crippen LogP contribution in [-0.4, -0.2) is 16.3 Å². The van der Waals surface area contributed by atoms with E-state index in [1.54, 1.807) is 0 Å². The molecule has 0 bridgehead atoms. The summed E-state index contributed by atoms with van der Waals surface area (Å²) >= 11 is 0. The lowest BCUT2D eigenvalue weighted by Crippen LogP contribution is -2.06. The minimum atomic E-state index is -0.626. The Labute approximate surface area is 126 Å². The molecule has 22 heavy (non-hydrogen) atoms. The second kappa shape index (κ2) is 4.94. The van der Waals surface area contributed by atoms with Gasteiger partial charge in [0, 0.05) is 23.7 Å². The fraction of sp³-hybridized carbons (Fsp3) is 0.118. The minimum absolute atomic E-state index is 0.245. The van der Waals surface area contributed by atoms with Crippen molar-refractivity contribution in [1.82, 2.24) is 9.78 Å². The zero-order valence-corrected chi connectivity index (χ0v) is 11.7. The highest BCUT2D eigenvalue weighted by Gasteiger charge is 2.24. The monoisotopic (exact) mass is 297 g/mol. The summed E-state index contributed by atoms with van der Waals surface area (Å²) in [5.41, 5.74) is 3.14. The van der Waals surface area contributed by atoms with E-state index in [2.05, 4.69) is 10.4 Å². The van der Waals surface area contributed by atoms with E-state index in [1.165, 1.54) is 16.8 Å². The summed E-state index contributed by atoms with van der Waals surface area (Å²) in [5, 5.41) is 7.79. The molecule has 2 aromatic carbocycles. The molecule has 0 unspecified atom stereocenters. The van der Waals surface area contributed by atoms with Crippen LogP contribution in [0.5, 0.6) is 0 Å². The number of benzene rings is 2. The van der Waals surface area contributed by atoms with Crippen LogP contribution in [0.15, 0.2) is 48.5 Å². The van der Waals surface area contributed by atoms with E-state index in [9.17, 15) is 8.78 Å². The number of hydrogen-bond acceptors (Lipinski definition) is 2. The van der Waals surface area contributed by atoms with Gasteiger partial charge in [-0.15, -0.1) is 0 Å². The van der Waals surface area contributed by atoms with Crippen molar-refractivity contribution in [3.05, 3.63) is 65.7 Å². The molecule has 2 heterocycles. The number of rotatable bonds is 2. The first-order chi connectivity index (χ1) is 10.7. The van der Waals surface area contributed by atoms with Crippen LogP contribution < -0.4 is 5.32 Å². The van der Waals surface area contributed by atoms with Crippen molar-refractivity contribution < 1.29 is 8.78 Å². The normalized spacial score (nSPS) is 13.0. The summed E-state index contributed by atoms with van der Waals surface area (Å²) in [5.74, 6) is -0.440. The molecule has 110 valence electrons. The van der Waals surface area contributed by atoms with Crippen LogP contribution in [0.3, 0.4) is 0 Å². The van der Waals surface area contributed by atoms with Gasteiger partial charge in [-0.1, -0.05) is 30.3 Å². The fourth-order valence-corrected chi connectivity index (χ4v) is 2.83. The van der Waals surface area contributed by atoms with E-state index in [-0.39, 0.29) is 5.69 Å². The Morgan fingerprint density at radius 2 is 1.86 bits per heavy atom. The quantitative estimate of drug-likeness (QED) is 0.780. The highest BCUT2D eigenvalue weighted by molar-refractivity contribution is 5.72. The largest absolute Gasteiger partial charge is 0.369 e. The Morgan fingerprint density at radius 3 is 2.64 bits per heavy atom. The highest BCUT2D eigenvalue weighted by atomic mass is 19.1. The number of aromatic nitrogens is 2. The number of halogens is 2. The zero-order chi connectivity index (χ0) is 15.1. The van der Waals surface area contributed by atoms with Gasteiger partial charge in [0.2, 0.25) is 0 Å². The second-order valence-electron chi connectivity index (χ2n) is 5.23. The Bertz CT molecular complexity index is 841. The van der Waals surface area contributed by atoms with Crippen molar-refractivity contribution in [2.24, 2.45) is 0 Å². The highest BCUT2D eigenvalue weighted by Crippen LogP contribution is 2.34. The third-order valence-corrected chi connectivity index (χ3v) is 3.84. The number of fused-ring (bicyclic) bond motifs is 1. The predicted molar refractivity (Wildman–Crippen MR) is 81.1 cm³/mol. The summed E-state index contributed by atoms with van der Waals surface area (Å²) in [7, 11) is 0. The number of nitrogens with zero attached hydrogens (tertiary/aromatic N) is 2. The van der Waals surface area contributed by atoms with E-state index in [0.29, 0.717) is 0 Å². The van der Waals surface area contributed by atoms with E-state index in [1.807, 2.05) is 30.3 Å². The van der Waals surface area contributed by atoms with Crippen LogP contribution >= 0.6 is 0 Å². The van der Waals surface area contributed by atoms with Crippen molar-refractivity contribution in [1.29, 1.82) is 0 Å². The smallest absolute Gasteiger partial charge is 0.151 e. The first-order valence-electron chi connectivity index (χ1n) is 7.10. The first kappa shape index (κ1) is 13.0. The van der Waals surface area contributed by atoms with Gasteiger partial charge in [-0.3, -0.25) is 0 Å². The Balaban J connectivity index is 1.92. The topological polar surface area (TPSA) is 29.9 Å². The van der Waals surface area contributed by atoms with Gasteiger partial charge in [-0.25, -0.2) is 13.5 Å². The number of anilines is 1. The molecule has 1 aliphatic rings. The van der Waals surface area contributed by atoms with E-state index < -0.39 is 11.6 Å². The average molecular weight is 297 g/mol. The maximum atomic E-state index is 14.1. The van der Waals surface area contributed by atoms with Crippen molar-refractivity contribution >= 4 is 5.82 Å². The maximum Gasteiger partial charge on any atom is 0.151 e. The molecule has 0 aliphatic carbocycles. The Kier molecular flexibility index (Phi) is 2.92. The molecular weight excluding hydrogens is 284 g/mol. The molecule has 0 saturated heterocycles. The van der Waals surface area contributed by atoms with Gasteiger partial charge >= 0.3 is 0 Å². The maximum absolute atomic E-state index is 14.1. The van der Waals surface area contributed by atoms with E-state index >= 15 is 0 Å². The Hall–Kier alpha value is -2.69. The summed E-state index contributed by atoms with van der Waals surface area (Å²) in [6.45, 7) is 0.788. The molecule has 1 aromatic heterocycles. The van der Waals surface area contributed by atoms with Crippen LogP contribution in [-0.2, 0) is 6.42 Å². The molecular formula is C17H13F2N3. The van der Waals surface area contributed by atoms with Gasteiger partial charge in [0.15, 0.2) is 5.82 Å². The van der Waals surface area contributed by atoms with Crippen molar-refractivity contribution in [2.75, 3.05) is 11.9 Å². The second-order valence-corrected chi connectivity index (χ2v) is 5.23. The van der Waals surface area contributed by atoms with Gasteiger partial charge in [0.05, 0.1) is 5.69 Å². The molecule has 1 aliphatic heterocycles. The van der Waals surface area contributed by atoms with Gasteiger partial charge in [0.1, 0.15) is 17.3 Å². The van der Waals surface area contributed by atoms with E-state index in [0.717, 1.165) is 41.7 Å². The van der Waals surface area contributed by atoms with Crippen molar-refractivity contribution in [2.45, 2.75) is 6.42 Å². The third kappa shape index (κ3) is 1.97. The number of nitrogens with one attached hydrogen (secondary N) is 1. The summed E-state index contributed by atoms with van der Waals surface area (Å²) < 4.78 is 28.7. The lowest BCUT2D eigenvalue weighted by molar-refractivity contribution is 0.574. The molecule has 1 N–H and O–H groups in total. The lowest BCUT2D eigenvalue weighted by atomic mass is 10.1. The van der Waals surface area contributed by atoms with Crippen molar-refractivity contribution in [3.8, 4) is 16.9 Å². The van der Waals surface area contributed by atoms with Gasteiger partial charge in [-0.2, -0.15) is 5.10 Å².